The fraction of sp³-hybridized carbons (Fsp3) is 0.161. The molecule has 0 fully saturated rings. The van der Waals surface area contributed by atoms with Crippen LogP contribution in [0.2, 0.25) is 0 Å². The molecule has 1 aliphatic heterocycles. The Morgan fingerprint density at radius 3 is 2.54 bits per heavy atom. The fourth-order valence-corrected chi connectivity index (χ4v) is 4.82. The van der Waals surface area contributed by atoms with Gasteiger partial charge >= 0.3 is 0 Å². The van der Waals surface area contributed by atoms with Gasteiger partial charge in [0, 0.05) is 35.4 Å². The van der Waals surface area contributed by atoms with Gasteiger partial charge in [0.15, 0.2) is 11.5 Å². The summed E-state index contributed by atoms with van der Waals surface area (Å²) in [4.78, 5) is 21.7. The van der Waals surface area contributed by atoms with Crippen molar-refractivity contribution < 1.29 is 19.4 Å². The summed E-state index contributed by atoms with van der Waals surface area (Å²) in [5, 5.41) is 15.5. The topological polar surface area (TPSA) is 149 Å². The standard InChI is InChI=1S/C31H30N6O4/c1-40-26-15-20(14-24-16-34-31(33)36-30(24)32)13-22(29(26)41-2)11-12-27(39)37-28(21-9-7-19(18-38)8-10-21)25-6-4-3-5-23(25)17-35-37/h3-13,15-17,28,38H,14,18H2,1-2H3,(H4,32,33,34,36)/b12-11+. The molecule has 41 heavy (non-hydrogen) atoms. The molecule has 3 aromatic carbocycles. The van der Waals surface area contributed by atoms with Crippen molar-refractivity contribution in [3.05, 3.63) is 112 Å². The van der Waals surface area contributed by atoms with Crippen molar-refractivity contribution in [1.82, 2.24) is 15.0 Å². The second-order valence-electron chi connectivity index (χ2n) is 9.43. The minimum Gasteiger partial charge on any atom is -0.493 e. The van der Waals surface area contributed by atoms with Crippen molar-refractivity contribution in [2.45, 2.75) is 19.1 Å². The number of aliphatic hydroxyl groups is 1. The average Bonchev–Trinajstić information content (AvgIpc) is 3.00. The number of ether oxygens (including phenoxy) is 2. The summed E-state index contributed by atoms with van der Waals surface area (Å²) >= 11 is 0. The molecule has 0 radical (unpaired) electrons. The number of hydrogen-bond acceptors (Lipinski definition) is 9. The molecule has 0 saturated carbocycles. The number of carbonyl (C=O) groups is 1. The van der Waals surface area contributed by atoms with Gasteiger partial charge in [0.05, 0.1) is 27.0 Å². The fourth-order valence-electron chi connectivity index (χ4n) is 4.82. The number of fused-ring (bicyclic) bond motifs is 1. The highest BCUT2D eigenvalue weighted by Gasteiger charge is 2.30. The quantitative estimate of drug-likeness (QED) is 0.281. The number of nitrogens with zero attached hydrogens (tertiary/aromatic N) is 4. The maximum Gasteiger partial charge on any atom is 0.267 e. The third-order valence-corrected chi connectivity index (χ3v) is 6.84. The van der Waals surface area contributed by atoms with E-state index in [1.165, 1.54) is 11.1 Å². The molecule has 10 nitrogen and oxygen atoms in total. The Morgan fingerprint density at radius 1 is 1.05 bits per heavy atom. The highest BCUT2D eigenvalue weighted by Crippen LogP contribution is 2.36. The van der Waals surface area contributed by atoms with Gasteiger partial charge in [0.25, 0.3) is 5.91 Å². The third-order valence-electron chi connectivity index (χ3n) is 6.84. The molecule has 5 rings (SSSR count). The lowest BCUT2D eigenvalue weighted by Gasteiger charge is -2.31. The smallest absolute Gasteiger partial charge is 0.267 e. The molecule has 2 heterocycles. The second-order valence-corrected chi connectivity index (χ2v) is 9.43. The van der Waals surface area contributed by atoms with Crippen molar-refractivity contribution in [2.75, 3.05) is 25.7 Å². The SMILES string of the molecule is COc1cc(Cc2cnc(N)nc2N)cc(/C=C/C(=O)N2N=Cc3ccccc3C2c2ccc(CO)cc2)c1OC. The molecule has 1 amide bonds. The van der Waals surface area contributed by atoms with E-state index in [0.717, 1.165) is 27.8 Å². The Balaban J connectivity index is 1.49. The van der Waals surface area contributed by atoms with Gasteiger partial charge < -0.3 is 26.0 Å². The first kappa shape index (κ1) is 27.4. The van der Waals surface area contributed by atoms with E-state index >= 15 is 0 Å². The van der Waals surface area contributed by atoms with Crippen LogP contribution in [0.3, 0.4) is 0 Å². The zero-order valence-corrected chi connectivity index (χ0v) is 22.7. The van der Waals surface area contributed by atoms with Crippen LogP contribution in [0.15, 0.2) is 78.0 Å². The van der Waals surface area contributed by atoms with E-state index in [0.29, 0.717) is 34.9 Å². The van der Waals surface area contributed by atoms with E-state index in [1.807, 2.05) is 60.7 Å². The zero-order valence-electron chi connectivity index (χ0n) is 22.7. The number of hydrogen-bond donors (Lipinski definition) is 3. The van der Waals surface area contributed by atoms with Crippen molar-refractivity contribution in [2.24, 2.45) is 5.10 Å². The molecule has 0 aliphatic carbocycles. The summed E-state index contributed by atoms with van der Waals surface area (Å²) in [6, 6.07) is 18.6. The first-order valence-corrected chi connectivity index (χ1v) is 12.9. The molecule has 0 bridgehead atoms. The average molecular weight is 551 g/mol. The zero-order chi connectivity index (χ0) is 28.9. The van der Waals surface area contributed by atoms with Gasteiger partial charge in [-0.3, -0.25) is 4.79 Å². The number of methoxy groups -OCH3 is 2. The summed E-state index contributed by atoms with van der Waals surface area (Å²) in [5.74, 6) is 1.05. The maximum absolute atomic E-state index is 13.7. The summed E-state index contributed by atoms with van der Waals surface area (Å²) in [6.07, 6.45) is 6.83. The van der Waals surface area contributed by atoms with Crippen LogP contribution in [-0.2, 0) is 17.8 Å². The summed E-state index contributed by atoms with van der Waals surface area (Å²) in [6.45, 7) is -0.0621. The number of nitrogens with two attached hydrogens (primary N) is 2. The minimum absolute atomic E-state index is 0.0621. The maximum atomic E-state index is 13.7. The van der Waals surface area contributed by atoms with Crippen LogP contribution in [0, 0.1) is 0 Å². The van der Waals surface area contributed by atoms with E-state index in [-0.39, 0.29) is 18.5 Å². The van der Waals surface area contributed by atoms with E-state index in [4.69, 9.17) is 20.9 Å². The van der Waals surface area contributed by atoms with Gasteiger partial charge in [0.1, 0.15) is 11.9 Å². The van der Waals surface area contributed by atoms with Crippen molar-refractivity contribution in [3.63, 3.8) is 0 Å². The van der Waals surface area contributed by atoms with Crippen molar-refractivity contribution in [3.8, 4) is 11.5 Å². The molecule has 4 aromatic rings. The molecule has 208 valence electrons. The molecule has 1 atom stereocenters. The number of carbonyl (C=O) groups excluding carboxylic acids is 1. The Hall–Kier alpha value is -5.22. The lowest BCUT2D eigenvalue weighted by atomic mass is 9.92. The van der Waals surface area contributed by atoms with Gasteiger partial charge in [-0.1, -0.05) is 48.5 Å². The predicted octanol–water partition coefficient (Wildman–Crippen LogP) is 3.72. The Bertz CT molecular complexity index is 1630. The number of anilines is 2. The lowest BCUT2D eigenvalue weighted by molar-refractivity contribution is -0.127. The van der Waals surface area contributed by atoms with Gasteiger partial charge in [0.2, 0.25) is 5.95 Å². The first-order valence-electron chi connectivity index (χ1n) is 12.9. The van der Waals surface area contributed by atoms with E-state index < -0.39 is 6.04 Å². The highest BCUT2D eigenvalue weighted by atomic mass is 16.5. The first-order chi connectivity index (χ1) is 19.9. The summed E-state index contributed by atoms with van der Waals surface area (Å²) in [5.41, 5.74) is 17.4. The Kier molecular flexibility index (Phi) is 7.93. The molecule has 0 saturated heterocycles. The van der Waals surface area contributed by atoms with Crippen LogP contribution >= 0.6 is 0 Å². The number of nitrogen functional groups attached to an aromatic ring is 2. The molecule has 5 N–H and O–H groups in total. The van der Waals surface area contributed by atoms with E-state index in [2.05, 4.69) is 15.1 Å². The molecular weight excluding hydrogens is 520 g/mol. The van der Waals surface area contributed by atoms with E-state index in [9.17, 15) is 9.90 Å². The van der Waals surface area contributed by atoms with Crippen molar-refractivity contribution >= 4 is 30.0 Å². The van der Waals surface area contributed by atoms with Gasteiger partial charge in [-0.2, -0.15) is 10.1 Å². The van der Waals surface area contributed by atoms with Crippen molar-refractivity contribution in [1.29, 1.82) is 0 Å². The lowest BCUT2D eigenvalue weighted by Crippen LogP contribution is -2.33. The third kappa shape index (κ3) is 5.73. The monoisotopic (exact) mass is 550 g/mol. The molecule has 1 aliphatic rings. The largest absolute Gasteiger partial charge is 0.493 e. The number of benzene rings is 3. The van der Waals surface area contributed by atoms with Crippen LogP contribution in [0.5, 0.6) is 11.5 Å². The Morgan fingerprint density at radius 2 is 1.83 bits per heavy atom. The number of hydrazone groups is 1. The summed E-state index contributed by atoms with van der Waals surface area (Å²) in [7, 11) is 3.09. The summed E-state index contributed by atoms with van der Waals surface area (Å²) < 4.78 is 11.2. The van der Waals surface area contributed by atoms with Gasteiger partial charge in [-0.05, 0) is 40.5 Å². The predicted molar refractivity (Wildman–Crippen MR) is 157 cm³/mol. The van der Waals surface area contributed by atoms with Crippen LogP contribution < -0.4 is 20.9 Å². The van der Waals surface area contributed by atoms with Crippen LogP contribution in [-0.4, -0.2) is 46.4 Å². The molecule has 1 aromatic heterocycles. The van der Waals surface area contributed by atoms with Gasteiger partial charge in [-0.15, -0.1) is 0 Å². The number of rotatable bonds is 8. The van der Waals surface area contributed by atoms with Crippen LogP contribution in [0.1, 0.15) is 45.0 Å². The Labute approximate surface area is 237 Å². The number of aromatic nitrogens is 2. The molecule has 10 heteroatoms. The number of amides is 1. The van der Waals surface area contributed by atoms with Gasteiger partial charge in [-0.25, -0.2) is 9.99 Å². The van der Waals surface area contributed by atoms with Crippen LogP contribution in [0.25, 0.3) is 6.08 Å². The highest BCUT2D eigenvalue weighted by molar-refractivity contribution is 5.95. The number of aliphatic hydroxyl groups excluding tert-OH is 1. The minimum atomic E-state index is -0.447. The molecule has 0 spiro atoms. The normalized spacial score (nSPS) is 14.2. The molecular formula is C31H30N6O4. The molecule has 1 unspecified atom stereocenters. The second kappa shape index (κ2) is 11.9. The van der Waals surface area contributed by atoms with Crippen LogP contribution in [0.4, 0.5) is 11.8 Å². The van der Waals surface area contributed by atoms with E-state index in [1.54, 1.807) is 32.7 Å².